The number of aliphatic carboxylic acids is 1. The predicted molar refractivity (Wildman–Crippen MR) is 75.8 cm³/mol. The first kappa shape index (κ1) is 17.8. The van der Waals surface area contributed by atoms with E-state index in [0.29, 0.717) is 18.6 Å². The lowest BCUT2D eigenvalue weighted by atomic mass is 9.89. The van der Waals surface area contributed by atoms with Crippen LogP contribution in [0, 0.1) is 16.7 Å². The highest BCUT2D eigenvalue weighted by Crippen LogP contribution is 2.22. The van der Waals surface area contributed by atoms with Gasteiger partial charge in [0.2, 0.25) is 6.41 Å². The zero-order chi connectivity index (χ0) is 14.7. The fourth-order valence-corrected chi connectivity index (χ4v) is 2.51. The van der Waals surface area contributed by atoms with E-state index in [4.69, 9.17) is 10.4 Å². The molecule has 6 heteroatoms. The van der Waals surface area contributed by atoms with Crippen LogP contribution in [-0.2, 0) is 9.59 Å². The number of carboxylic acid groups (broad SMARTS) is 1. The summed E-state index contributed by atoms with van der Waals surface area (Å²) < 4.78 is 0. The van der Waals surface area contributed by atoms with E-state index in [1.165, 1.54) is 0 Å². The Hall–Kier alpha value is -1.22. The maximum atomic E-state index is 10.7. The highest BCUT2D eigenvalue weighted by molar-refractivity contribution is 7.99. The van der Waals surface area contributed by atoms with Crippen molar-refractivity contribution in [2.24, 2.45) is 5.41 Å². The van der Waals surface area contributed by atoms with Crippen LogP contribution in [0.3, 0.4) is 0 Å². The molecule has 108 valence electrons. The number of carbonyl (C=O) groups excluding carboxylic acids is 1. The molecule has 0 saturated heterocycles. The second-order valence-electron chi connectivity index (χ2n) is 5.03. The van der Waals surface area contributed by atoms with Gasteiger partial charge in [-0.25, -0.2) is 4.79 Å². The molecule has 2 N–H and O–H groups in total. The Bertz CT molecular complexity index is 326. The van der Waals surface area contributed by atoms with Gasteiger partial charge in [0, 0.05) is 0 Å². The molecule has 1 amide bonds. The van der Waals surface area contributed by atoms with E-state index in [-0.39, 0.29) is 5.41 Å². The number of carboxylic acids is 1. The summed E-state index contributed by atoms with van der Waals surface area (Å²) in [4.78, 5) is 20.9. The molecule has 0 fully saturated rings. The highest BCUT2D eigenvalue weighted by Gasteiger charge is 2.16. The van der Waals surface area contributed by atoms with Gasteiger partial charge in [0.25, 0.3) is 0 Å². The minimum absolute atomic E-state index is 0.257. The van der Waals surface area contributed by atoms with E-state index < -0.39 is 12.0 Å². The van der Waals surface area contributed by atoms with Crippen molar-refractivity contribution in [2.75, 3.05) is 11.5 Å². The first-order valence-corrected chi connectivity index (χ1v) is 7.50. The molecule has 0 saturated carbocycles. The van der Waals surface area contributed by atoms with Crippen molar-refractivity contribution in [3.8, 4) is 6.07 Å². The van der Waals surface area contributed by atoms with Gasteiger partial charge in [-0.2, -0.15) is 17.0 Å². The molecule has 0 aliphatic carbocycles. The Morgan fingerprint density at radius 1 is 1.47 bits per heavy atom. The molecule has 0 aliphatic rings. The molecule has 19 heavy (non-hydrogen) atoms. The third-order valence-corrected chi connectivity index (χ3v) is 3.86. The SMILES string of the molecule is CC(C)(C#N)CCCCSCCC(NC=O)C(=O)O. The Morgan fingerprint density at radius 2 is 2.16 bits per heavy atom. The summed E-state index contributed by atoms with van der Waals surface area (Å²) in [6.45, 7) is 3.87. The average molecular weight is 286 g/mol. The normalized spacial score (nSPS) is 12.5. The van der Waals surface area contributed by atoms with Gasteiger partial charge in [0.05, 0.1) is 11.5 Å². The lowest BCUT2D eigenvalue weighted by Crippen LogP contribution is -2.36. The van der Waals surface area contributed by atoms with Crippen molar-refractivity contribution in [2.45, 2.75) is 45.6 Å². The molecule has 1 atom stereocenters. The van der Waals surface area contributed by atoms with E-state index in [1.807, 2.05) is 13.8 Å². The topological polar surface area (TPSA) is 90.2 Å². The van der Waals surface area contributed by atoms with Gasteiger partial charge >= 0.3 is 5.97 Å². The molecule has 0 aromatic rings. The lowest BCUT2D eigenvalue weighted by Gasteiger charge is -2.14. The summed E-state index contributed by atoms with van der Waals surface area (Å²) in [6, 6.07) is 1.48. The number of hydrogen-bond acceptors (Lipinski definition) is 4. The summed E-state index contributed by atoms with van der Waals surface area (Å²) in [5.74, 6) is 0.664. The maximum absolute atomic E-state index is 10.7. The van der Waals surface area contributed by atoms with E-state index in [0.717, 1.165) is 25.0 Å². The third-order valence-electron chi connectivity index (χ3n) is 2.76. The van der Waals surface area contributed by atoms with E-state index in [1.54, 1.807) is 11.8 Å². The molecular weight excluding hydrogens is 264 g/mol. The van der Waals surface area contributed by atoms with Crippen LogP contribution >= 0.6 is 11.8 Å². The van der Waals surface area contributed by atoms with Crippen molar-refractivity contribution >= 4 is 24.1 Å². The summed E-state index contributed by atoms with van der Waals surface area (Å²) in [6.07, 6.45) is 3.77. The number of nitriles is 1. The van der Waals surface area contributed by atoms with Crippen molar-refractivity contribution in [3.63, 3.8) is 0 Å². The monoisotopic (exact) mass is 286 g/mol. The van der Waals surface area contributed by atoms with Gasteiger partial charge < -0.3 is 10.4 Å². The number of thioether (sulfide) groups is 1. The minimum Gasteiger partial charge on any atom is -0.480 e. The van der Waals surface area contributed by atoms with Crippen LogP contribution in [0.4, 0.5) is 0 Å². The first-order valence-electron chi connectivity index (χ1n) is 6.34. The highest BCUT2D eigenvalue weighted by atomic mass is 32.2. The standard InChI is InChI=1S/C13H22N2O3S/c1-13(2,9-14)6-3-4-7-19-8-5-11(12(17)18)15-10-16/h10-11H,3-8H2,1-2H3,(H,15,16)(H,17,18). The zero-order valence-electron chi connectivity index (χ0n) is 11.5. The van der Waals surface area contributed by atoms with Crippen LogP contribution in [-0.4, -0.2) is 35.0 Å². The fraction of sp³-hybridized carbons (Fsp3) is 0.769. The number of amides is 1. The smallest absolute Gasteiger partial charge is 0.326 e. The molecular formula is C13H22N2O3S. The van der Waals surface area contributed by atoms with Crippen molar-refractivity contribution < 1.29 is 14.7 Å². The Kier molecular flexibility index (Phi) is 9.06. The molecule has 0 rings (SSSR count). The molecule has 0 spiro atoms. The average Bonchev–Trinajstić information content (AvgIpc) is 2.36. The predicted octanol–water partition coefficient (Wildman–Crippen LogP) is 2.03. The van der Waals surface area contributed by atoms with Crippen molar-refractivity contribution in [1.82, 2.24) is 5.32 Å². The van der Waals surface area contributed by atoms with Gasteiger partial charge in [-0.1, -0.05) is 6.42 Å². The summed E-state index contributed by atoms with van der Waals surface area (Å²) in [5, 5.41) is 19.9. The molecule has 0 aromatic carbocycles. The number of hydrogen-bond donors (Lipinski definition) is 2. The second-order valence-corrected chi connectivity index (χ2v) is 6.25. The van der Waals surface area contributed by atoms with Crippen LogP contribution in [0.2, 0.25) is 0 Å². The summed E-state index contributed by atoms with van der Waals surface area (Å²) in [5.41, 5.74) is -0.257. The van der Waals surface area contributed by atoms with Gasteiger partial charge in [-0.05, 0) is 44.6 Å². The molecule has 1 unspecified atom stereocenters. The zero-order valence-corrected chi connectivity index (χ0v) is 12.3. The molecule has 0 aliphatic heterocycles. The van der Waals surface area contributed by atoms with Crippen LogP contribution in [0.25, 0.3) is 0 Å². The van der Waals surface area contributed by atoms with Crippen LogP contribution in [0.15, 0.2) is 0 Å². The van der Waals surface area contributed by atoms with Crippen LogP contribution < -0.4 is 5.32 Å². The number of carbonyl (C=O) groups is 2. The quantitative estimate of drug-likeness (QED) is 0.448. The minimum atomic E-state index is -0.997. The first-order chi connectivity index (χ1) is 8.93. The second kappa shape index (κ2) is 9.68. The number of rotatable bonds is 11. The third kappa shape index (κ3) is 9.37. The van der Waals surface area contributed by atoms with Gasteiger partial charge in [0.1, 0.15) is 6.04 Å². The summed E-state index contributed by atoms with van der Waals surface area (Å²) >= 11 is 1.68. The Labute approximate surface area is 118 Å². The number of nitrogens with one attached hydrogen (secondary N) is 1. The van der Waals surface area contributed by atoms with Crippen molar-refractivity contribution in [1.29, 1.82) is 5.26 Å². The molecule has 5 nitrogen and oxygen atoms in total. The van der Waals surface area contributed by atoms with Crippen LogP contribution in [0.5, 0.6) is 0 Å². The molecule has 0 radical (unpaired) electrons. The van der Waals surface area contributed by atoms with Crippen molar-refractivity contribution in [3.05, 3.63) is 0 Å². The van der Waals surface area contributed by atoms with E-state index in [2.05, 4.69) is 11.4 Å². The largest absolute Gasteiger partial charge is 0.480 e. The van der Waals surface area contributed by atoms with Gasteiger partial charge in [0.15, 0.2) is 0 Å². The van der Waals surface area contributed by atoms with Gasteiger partial charge in [-0.15, -0.1) is 0 Å². The van der Waals surface area contributed by atoms with Crippen LogP contribution in [0.1, 0.15) is 39.5 Å². The molecule has 0 bridgehead atoms. The lowest BCUT2D eigenvalue weighted by molar-refractivity contribution is -0.140. The number of unbranched alkanes of at least 4 members (excludes halogenated alkanes) is 1. The molecule has 0 aromatic heterocycles. The fourth-order valence-electron chi connectivity index (χ4n) is 1.49. The Balaban J connectivity index is 3.57. The van der Waals surface area contributed by atoms with E-state index >= 15 is 0 Å². The Morgan fingerprint density at radius 3 is 2.68 bits per heavy atom. The van der Waals surface area contributed by atoms with E-state index in [9.17, 15) is 9.59 Å². The van der Waals surface area contributed by atoms with Gasteiger partial charge in [-0.3, -0.25) is 4.79 Å². The molecule has 0 heterocycles. The summed E-state index contributed by atoms with van der Waals surface area (Å²) in [7, 11) is 0. The number of nitrogens with zero attached hydrogens (tertiary/aromatic N) is 1. The maximum Gasteiger partial charge on any atom is 0.326 e.